The molecule has 1 fully saturated rings. The maximum atomic E-state index is 7.87. The monoisotopic (exact) mass is 223 g/mol. The standard InChI is InChI=1S/C11H17N3S/c1-9(11-13-5-7-15-11)8-14-6-3-2-4-10(14)12/h5,7,9,12H,2-4,6,8H2,1H3. The van der Waals surface area contributed by atoms with Crippen molar-refractivity contribution in [2.45, 2.75) is 32.1 Å². The van der Waals surface area contributed by atoms with Crippen molar-refractivity contribution in [2.75, 3.05) is 13.1 Å². The molecule has 0 aliphatic carbocycles. The van der Waals surface area contributed by atoms with Gasteiger partial charge in [0.2, 0.25) is 0 Å². The van der Waals surface area contributed by atoms with Gasteiger partial charge in [-0.3, -0.25) is 5.41 Å². The van der Waals surface area contributed by atoms with Crippen LogP contribution < -0.4 is 0 Å². The lowest BCUT2D eigenvalue weighted by molar-refractivity contribution is 0.349. The fourth-order valence-corrected chi connectivity index (χ4v) is 2.67. The molecule has 1 unspecified atom stereocenters. The molecule has 15 heavy (non-hydrogen) atoms. The number of nitrogens with one attached hydrogen (secondary N) is 1. The predicted octanol–water partition coefficient (Wildman–Crippen LogP) is 2.71. The Bertz CT molecular complexity index is 321. The van der Waals surface area contributed by atoms with Crippen LogP contribution in [-0.4, -0.2) is 28.8 Å². The Morgan fingerprint density at radius 3 is 3.13 bits per heavy atom. The molecule has 0 saturated carbocycles. The van der Waals surface area contributed by atoms with Crippen LogP contribution >= 0.6 is 11.3 Å². The molecule has 0 bridgehead atoms. The average molecular weight is 223 g/mol. The number of piperidine rings is 1. The van der Waals surface area contributed by atoms with Crippen molar-refractivity contribution in [3.8, 4) is 0 Å². The highest BCUT2D eigenvalue weighted by Gasteiger charge is 2.18. The van der Waals surface area contributed by atoms with Crippen LogP contribution in [0.25, 0.3) is 0 Å². The number of hydrogen-bond donors (Lipinski definition) is 1. The van der Waals surface area contributed by atoms with Gasteiger partial charge in [-0.2, -0.15) is 0 Å². The highest BCUT2D eigenvalue weighted by molar-refractivity contribution is 7.09. The predicted molar refractivity (Wildman–Crippen MR) is 63.7 cm³/mol. The summed E-state index contributed by atoms with van der Waals surface area (Å²) in [4.78, 5) is 6.53. The van der Waals surface area contributed by atoms with Gasteiger partial charge in [0.25, 0.3) is 0 Å². The van der Waals surface area contributed by atoms with Crippen molar-refractivity contribution in [1.82, 2.24) is 9.88 Å². The molecular weight excluding hydrogens is 206 g/mol. The Balaban J connectivity index is 1.93. The maximum absolute atomic E-state index is 7.87. The summed E-state index contributed by atoms with van der Waals surface area (Å²) in [5, 5.41) is 11.1. The van der Waals surface area contributed by atoms with Crippen LogP contribution in [-0.2, 0) is 0 Å². The molecular formula is C11H17N3S. The van der Waals surface area contributed by atoms with Gasteiger partial charge < -0.3 is 4.90 Å². The summed E-state index contributed by atoms with van der Waals surface area (Å²) in [5.74, 6) is 1.26. The van der Waals surface area contributed by atoms with Crippen molar-refractivity contribution < 1.29 is 0 Å². The third-order valence-corrected chi connectivity index (χ3v) is 3.85. The molecule has 0 aromatic carbocycles. The third-order valence-electron chi connectivity index (χ3n) is 2.84. The molecule has 0 amide bonds. The van der Waals surface area contributed by atoms with Crippen molar-refractivity contribution >= 4 is 17.2 Å². The minimum Gasteiger partial charge on any atom is -0.360 e. The van der Waals surface area contributed by atoms with E-state index in [0.29, 0.717) is 5.92 Å². The van der Waals surface area contributed by atoms with E-state index in [1.54, 1.807) is 11.3 Å². The van der Waals surface area contributed by atoms with Gasteiger partial charge in [0.15, 0.2) is 0 Å². The Labute approximate surface area is 94.7 Å². The minimum absolute atomic E-state index is 0.448. The van der Waals surface area contributed by atoms with E-state index in [1.807, 2.05) is 11.6 Å². The zero-order valence-electron chi connectivity index (χ0n) is 9.07. The van der Waals surface area contributed by atoms with E-state index in [0.717, 1.165) is 25.3 Å². The largest absolute Gasteiger partial charge is 0.360 e. The molecule has 1 saturated heterocycles. The fraction of sp³-hybridized carbons (Fsp3) is 0.636. The summed E-state index contributed by atoms with van der Waals surface area (Å²) in [5.41, 5.74) is 0. The van der Waals surface area contributed by atoms with E-state index in [1.165, 1.54) is 17.8 Å². The SMILES string of the molecule is CC(CN1CCCCC1=N)c1nccs1. The molecule has 4 heteroatoms. The summed E-state index contributed by atoms with van der Waals surface area (Å²) in [6.45, 7) is 4.20. The van der Waals surface area contributed by atoms with Crippen LogP contribution in [0.15, 0.2) is 11.6 Å². The Hall–Kier alpha value is -0.900. The number of hydrogen-bond acceptors (Lipinski definition) is 3. The van der Waals surface area contributed by atoms with E-state index in [2.05, 4.69) is 16.8 Å². The Morgan fingerprint density at radius 2 is 2.47 bits per heavy atom. The topological polar surface area (TPSA) is 40.0 Å². The van der Waals surface area contributed by atoms with Crippen molar-refractivity contribution in [1.29, 1.82) is 5.41 Å². The zero-order chi connectivity index (χ0) is 10.7. The van der Waals surface area contributed by atoms with Gasteiger partial charge in [0, 0.05) is 37.0 Å². The van der Waals surface area contributed by atoms with Crippen LogP contribution in [0, 0.1) is 5.41 Å². The molecule has 0 radical (unpaired) electrons. The normalized spacial score (nSPS) is 19.3. The molecule has 0 spiro atoms. The summed E-state index contributed by atoms with van der Waals surface area (Å²) >= 11 is 1.71. The lowest BCUT2D eigenvalue weighted by Crippen LogP contribution is -2.37. The van der Waals surface area contributed by atoms with Crippen molar-refractivity contribution in [3.05, 3.63) is 16.6 Å². The first-order valence-corrected chi connectivity index (χ1v) is 6.37. The second-order valence-corrected chi connectivity index (χ2v) is 5.05. The van der Waals surface area contributed by atoms with Gasteiger partial charge in [0.1, 0.15) is 0 Å². The molecule has 1 aromatic heterocycles. The van der Waals surface area contributed by atoms with Crippen molar-refractivity contribution in [3.63, 3.8) is 0 Å². The number of rotatable bonds is 3. The highest BCUT2D eigenvalue weighted by Crippen LogP contribution is 2.21. The second kappa shape index (κ2) is 4.75. The first-order valence-electron chi connectivity index (χ1n) is 5.49. The number of likely N-dealkylation sites (tertiary alicyclic amines) is 1. The van der Waals surface area contributed by atoms with Gasteiger partial charge in [0.05, 0.1) is 10.8 Å². The minimum atomic E-state index is 0.448. The van der Waals surface area contributed by atoms with E-state index >= 15 is 0 Å². The van der Waals surface area contributed by atoms with E-state index in [4.69, 9.17) is 5.41 Å². The molecule has 1 atom stereocenters. The van der Waals surface area contributed by atoms with E-state index in [9.17, 15) is 0 Å². The lowest BCUT2D eigenvalue weighted by atomic mass is 10.1. The number of thiazole rings is 1. The first kappa shape index (κ1) is 10.6. The van der Waals surface area contributed by atoms with Gasteiger partial charge >= 0.3 is 0 Å². The highest BCUT2D eigenvalue weighted by atomic mass is 32.1. The molecule has 2 heterocycles. The molecule has 1 aliphatic rings. The van der Waals surface area contributed by atoms with Crippen LogP contribution in [0.2, 0.25) is 0 Å². The maximum Gasteiger partial charge on any atom is 0.0970 e. The summed E-state index contributed by atoms with van der Waals surface area (Å²) < 4.78 is 0. The Kier molecular flexibility index (Phi) is 3.36. The Morgan fingerprint density at radius 1 is 1.60 bits per heavy atom. The fourth-order valence-electron chi connectivity index (χ4n) is 1.98. The van der Waals surface area contributed by atoms with Crippen LogP contribution in [0.3, 0.4) is 0 Å². The summed E-state index contributed by atoms with van der Waals surface area (Å²) in [6.07, 6.45) is 5.22. The second-order valence-electron chi connectivity index (χ2n) is 4.12. The lowest BCUT2D eigenvalue weighted by Gasteiger charge is -2.31. The zero-order valence-corrected chi connectivity index (χ0v) is 9.89. The summed E-state index contributed by atoms with van der Waals surface area (Å²) in [7, 11) is 0. The van der Waals surface area contributed by atoms with Crippen LogP contribution in [0.5, 0.6) is 0 Å². The molecule has 1 N–H and O–H groups in total. The number of aromatic nitrogens is 1. The quantitative estimate of drug-likeness (QED) is 0.856. The van der Waals surface area contributed by atoms with Gasteiger partial charge in [-0.25, -0.2) is 4.98 Å². The molecule has 3 nitrogen and oxygen atoms in total. The average Bonchev–Trinajstić information content (AvgIpc) is 2.74. The van der Waals surface area contributed by atoms with Crippen LogP contribution in [0.1, 0.15) is 37.1 Å². The van der Waals surface area contributed by atoms with Gasteiger partial charge in [-0.05, 0) is 12.8 Å². The molecule has 1 aliphatic heterocycles. The summed E-state index contributed by atoms with van der Waals surface area (Å²) in [6, 6.07) is 0. The number of nitrogens with zero attached hydrogens (tertiary/aromatic N) is 2. The van der Waals surface area contributed by atoms with Crippen molar-refractivity contribution in [2.24, 2.45) is 0 Å². The molecule has 82 valence electrons. The smallest absolute Gasteiger partial charge is 0.0970 e. The third kappa shape index (κ3) is 2.56. The molecule has 2 rings (SSSR count). The number of amidine groups is 1. The van der Waals surface area contributed by atoms with Gasteiger partial charge in [-0.15, -0.1) is 11.3 Å². The first-order chi connectivity index (χ1) is 7.27. The van der Waals surface area contributed by atoms with E-state index < -0.39 is 0 Å². The molecule has 1 aromatic rings. The van der Waals surface area contributed by atoms with E-state index in [-0.39, 0.29) is 0 Å². The van der Waals surface area contributed by atoms with Gasteiger partial charge in [-0.1, -0.05) is 6.92 Å². The van der Waals surface area contributed by atoms with Crippen LogP contribution in [0.4, 0.5) is 0 Å².